The quantitative estimate of drug-likeness (QED) is 0.614. The number of aliphatic hydroxyl groups is 1. The largest absolute Gasteiger partial charge is 0.396 e. The summed E-state index contributed by atoms with van der Waals surface area (Å²) in [6, 6.07) is 0. The molecule has 1 saturated carbocycles. The van der Waals surface area contributed by atoms with Crippen LogP contribution in [-0.2, 0) is 0 Å². The normalized spacial score (nSPS) is 42.2. The zero-order valence-electron chi connectivity index (χ0n) is 7.63. The maximum atomic E-state index is 9.19. The van der Waals surface area contributed by atoms with Crippen LogP contribution in [0.3, 0.4) is 0 Å². The molecular weight excluding hydrogens is 150 g/mol. The Morgan fingerprint density at radius 1 is 1.17 bits per heavy atom. The van der Waals surface area contributed by atoms with Gasteiger partial charge in [0.2, 0.25) is 0 Å². The Morgan fingerprint density at radius 2 is 2.00 bits per heavy atom. The summed E-state index contributed by atoms with van der Waals surface area (Å²) in [4.78, 5) is 0. The number of hydrogen-bond donors (Lipinski definition) is 2. The second-order valence-electron chi connectivity index (χ2n) is 4.31. The van der Waals surface area contributed by atoms with Crippen molar-refractivity contribution < 1.29 is 5.11 Å². The molecule has 2 nitrogen and oxygen atoms in total. The SMILES string of the molecule is OC[C@H]1CNC[C@H]2CCCC[C@H]21. The Labute approximate surface area is 74.4 Å². The molecule has 0 unspecified atom stereocenters. The van der Waals surface area contributed by atoms with Gasteiger partial charge in [0.25, 0.3) is 0 Å². The molecule has 1 aliphatic carbocycles. The Morgan fingerprint density at radius 3 is 2.83 bits per heavy atom. The highest BCUT2D eigenvalue weighted by molar-refractivity contribution is 4.86. The van der Waals surface area contributed by atoms with Crippen molar-refractivity contribution in [2.75, 3.05) is 19.7 Å². The smallest absolute Gasteiger partial charge is 0.0474 e. The van der Waals surface area contributed by atoms with Gasteiger partial charge in [-0.05, 0) is 37.1 Å². The molecule has 0 radical (unpaired) electrons. The Kier molecular flexibility index (Phi) is 2.66. The van der Waals surface area contributed by atoms with Crippen molar-refractivity contribution >= 4 is 0 Å². The minimum Gasteiger partial charge on any atom is -0.396 e. The van der Waals surface area contributed by atoms with E-state index in [1.54, 1.807) is 0 Å². The third-order valence-electron chi connectivity index (χ3n) is 3.62. The van der Waals surface area contributed by atoms with Crippen LogP contribution < -0.4 is 5.32 Å². The first-order valence-corrected chi connectivity index (χ1v) is 5.23. The van der Waals surface area contributed by atoms with Crippen LogP contribution in [0.4, 0.5) is 0 Å². The minimum absolute atomic E-state index is 0.383. The highest BCUT2D eigenvalue weighted by Gasteiger charge is 2.33. The summed E-state index contributed by atoms with van der Waals surface area (Å²) in [7, 11) is 0. The number of aliphatic hydroxyl groups excluding tert-OH is 1. The maximum absolute atomic E-state index is 9.19. The zero-order chi connectivity index (χ0) is 8.39. The first-order valence-electron chi connectivity index (χ1n) is 5.23. The molecule has 2 heteroatoms. The molecule has 1 saturated heterocycles. The molecule has 0 aromatic heterocycles. The van der Waals surface area contributed by atoms with Crippen LogP contribution in [0.5, 0.6) is 0 Å². The predicted molar refractivity (Wildman–Crippen MR) is 48.9 cm³/mol. The third-order valence-corrected chi connectivity index (χ3v) is 3.62. The zero-order valence-corrected chi connectivity index (χ0v) is 7.63. The van der Waals surface area contributed by atoms with Gasteiger partial charge in [-0.2, -0.15) is 0 Å². The summed E-state index contributed by atoms with van der Waals surface area (Å²) < 4.78 is 0. The fourth-order valence-electron chi connectivity index (χ4n) is 2.92. The molecule has 2 rings (SSSR count). The molecule has 3 atom stereocenters. The van der Waals surface area contributed by atoms with Gasteiger partial charge >= 0.3 is 0 Å². The molecule has 70 valence electrons. The van der Waals surface area contributed by atoms with E-state index in [0.717, 1.165) is 18.4 Å². The topological polar surface area (TPSA) is 32.3 Å². The van der Waals surface area contributed by atoms with Gasteiger partial charge in [0.15, 0.2) is 0 Å². The van der Waals surface area contributed by atoms with Crippen molar-refractivity contribution in [1.29, 1.82) is 0 Å². The molecule has 2 N–H and O–H groups in total. The van der Waals surface area contributed by atoms with Gasteiger partial charge in [0.05, 0.1) is 0 Å². The lowest BCUT2D eigenvalue weighted by atomic mass is 9.70. The average molecular weight is 169 g/mol. The van der Waals surface area contributed by atoms with E-state index in [0.29, 0.717) is 12.5 Å². The number of fused-ring (bicyclic) bond motifs is 1. The lowest BCUT2D eigenvalue weighted by Gasteiger charge is -2.41. The summed E-state index contributed by atoms with van der Waals surface area (Å²) in [5, 5.41) is 12.6. The monoisotopic (exact) mass is 169 g/mol. The second-order valence-corrected chi connectivity index (χ2v) is 4.31. The fraction of sp³-hybridized carbons (Fsp3) is 1.00. The molecule has 0 spiro atoms. The highest BCUT2D eigenvalue weighted by Crippen LogP contribution is 2.36. The van der Waals surface area contributed by atoms with E-state index in [1.165, 1.54) is 32.2 Å². The third kappa shape index (κ3) is 1.50. The maximum Gasteiger partial charge on any atom is 0.0474 e. The molecule has 2 fully saturated rings. The minimum atomic E-state index is 0.383. The van der Waals surface area contributed by atoms with Crippen molar-refractivity contribution in [3.8, 4) is 0 Å². The van der Waals surface area contributed by atoms with E-state index < -0.39 is 0 Å². The molecule has 2 aliphatic rings. The number of rotatable bonds is 1. The number of piperidine rings is 1. The predicted octanol–water partition coefficient (Wildman–Crippen LogP) is 1.00. The van der Waals surface area contributed by atoms with E-state index in [1.807, 2.05) is 0 Å². The van der Waals surface area contributed by atoms with Crippen LogP contribution in [0.25, 0.3) is 0 Å². The van der Waals surface area contributed by atoms with Crippen LogP contribution in [0.2, 0.25) is 0 Å². The van der Waals surface area contributed by atoms with Crippen molar-refractivity contribution in [2.45, 2.75) is 25.7 Å². The van der Waals surface area contributed by atoms with Crippen molar-refractivity contribution in [3.63, 3.8) is 0 Å². The first kappa shape index (κ1) is 8.52. The van der Waals surface area contributed by atoms with E-state index in [4.69, 9.17) is 0 Å². The van der Waals surface area contributed by atoms with Crippen LogP contribution >= 0.6 is 0 Å². The number of hydrogen-bond acceptors (Lipinski definition) is 2. The fourth-order valence-corrected chi connectivity index (χ4v) is 2.92. The molecular formula is C10H19NO. The van der Waals surface area contributed by atoms with Gasteiger partial charge < -0.3 is 10.4 Å². The summed E-state index contributed by atoms with van der Waals surface area (Å²) in [5.74, 6) is 2.23. The molecule has 0 aromatic carbocycles. The van der Waals surface area contributed by atoms with E-state index >= 15 is 0 Å². The lowest BCUT2D eigenvalue weighted by molar-refractivity contribution is 0.0728. The molecule has 0 aromatic rings. The summed E-state index contributed by atoms with van der Waals surface area (Å²) in [6.07, 6.45) is 5.53. The van der Waals surface area contributed by atoms with E-state index in [-0.39, 0.29) is 0 Å². The van der Waals surface area contributed by atoms with Crippen molar-refractivity contribution in [3.05, 3.63) is 0 Å². The van der Waals surface area contributed by atoms with Crippen molar-refractivity contribution in [2.24, 2.45) is 17.8 Å². The molecule has 0 amide bonds. The Balaban J connectivity index is 1.99. The highest BCUT2D eigenvalue weighted by atomic mass is 16.3. The molecule has 0 bridgehead atoms. The van der Waals surface area contributed by atoms with E-state index in [2.05, 4.69) is 5.32 Å². The van der Waals surface area contributed by atoms with Crippen LogP contribution in [0.1, 0.15) is 25.7 Å². The van der Waals surface area contributed by atoms with Crippen LogP contribution in [0, 0.1) is 17.8 Å². The summed E-state index contributed by atoms with van der Waals surface area (Å²) in [6.45, 7) is 2.62. The van der Waals surface area contributed by atoms with Crippen molar-refractivity contribution in [1.82, 2.24) is 5.32 Å². The van der Waals surface area contributed by atoms with Crippen LogP contribution in [-0.4, -0.2) is 24.8 Å². The van der Waals surface area contributed by atoms with Gasteiger partial charge in [-0.25, -0.2) is 0 Å². The second kappa shape index (κ2) is 3.75. The van der Waals surface area contributed by atoms with Crippen LogP contribution in [0.15, 0.2) is 0 Å². The first-order chi connectivity index (χ1) is 5.92. The summed E-state index contributed by atoms with van der Waals surface area (Å²) in [5.41, 5.74) is 0. The Hall–Kier alpha value is -0.0800. The number of nitrogens with one attached hydrogen (secondary N) is 1. The van der Waals surface area contributed by atoms with Gasteiger partial charge in [0, 0.05) is 13.2 Å². The van der Waals surface area contributed by atoms with Gasteiger partial charge in [-0.3, -0.25) is 0 Å². The van der Waals surface area contributed by atoms with E-state index in [9.17, 15) is 5.11 Å². The van der Waals surface area contributed by atoms with Gasteiger partial charge in [0.1, 0.15) is 0 Å². The standard InChI is InChI=1S/C10H19NO/c12-7-9-6-11-5-8-3-1-2-4-10(8)9/h8-12H,1-7H2/t8-,9-,10-/m1/s1. The average Bonchev–Trinajstić information content (AvgIpc) is 2.17. The van der Waals surface area contributed by atoms with Gasteiger partial charge in [-0.15, -0.1) is 0 Å². The molecule has 1 aliphatic heterocycles. The summed E-state index contributed by atoms with van der Waals surface area (Å²) >= 11 is 0. The van der Waals surface area contributed by atoms with Gasteiger partial charge in [-0.1, -0.05) is 12.8 Å². The molecule has 12 heavy (non-hydrogen) atoms. The lowest BCUT2D eigenvalue weighted by Crippen LogP contribution is -2.46. The Bertz CT molecular complexity index is 140. The molecule has 1 heterocycles.